The van der Waals surface area contributed by atoms with E-state index in [0.717, 1.165) is 30.0 Å². The van der Waals surface area contributed by atoms with Gasteiger partial charge in [0.15, 0.2) is 0 Å². The van der Waals surface area contributed by atoms with Crippen molar-refractivity contribution in [1.82, 2.24) is 4.57 Å². The molecule has 19 heavy (non-hydrogen) atoms. The highest BCUT2D eigenvalue weighted by molar-refractivity contribution is 5.70. The van der Waals surface area contributed by atoms with Crippen LogP contribution in [0.3, 0.4) is 0 Å². The monoisotopic (exact) mass is 259 g/mol. The SMILES string of the molecule is CCCn1c(C)ccc1-c1cc(OC)ccc1OC. The van der Waals surface area contributed by atoms with E-state index in [9.17, 15) is 0 Å². The van der Waals surface area contributed by atoms with Crippen LogP contribution in [0.1, 0.15) is 19.0 Å². The minimum atomic E-state index is 0.845. The van der Waals surface area contributed by atoms with Gasteiger partial charge < -0.3 is 14.0 Å². The van der Waals surface area contributed by atoms with Crippen LogP contribution in [-0.2, 0) is 6.54 Å². The number of ether oxygens (including phenoxy) is 2. The largest absolute Gasteiger partial charge is 0.497 e. The summed E-state index contributed by atoms with van der Waals surface area (Å²) in [6.07, 6.45) is 1.11. The van der Waals surface area contributed by atoms with Crippen molar-refractivity contribution in [2.45, 2.75) is 26.8 Å². The van der Waals surface area contributed by atoms with Crippen molar-refractivity contribution in [1.29, 1.82) is 0 Å². The molecular weight excluding hydrogens is 238 g/mol. The summed E-state index contributed by atoms with van der Waals surface area (Å²) in [6, 6.07) is 10.2. The number of methoxy groups -OCH3 is 2. The Bertz CT molecular complexity index is 558. The molecule has 2 aromatic rings. The summed E-state index contributed by atoms with van der Waals surface area (Å²) in [5, 5.41) is 0. The van der Waals surface area contributed by atoms with Gasteiger partial charge in [-0.05, 0) is 43.7 Å². The van der Waals surface area contributed by atoms with E-state index in [1.54, 1.807) is 14.2 Å². The van der Waals surface area contributed by atoms with Gasteiger partial charge in [-0.25, -0.2) is 0 Å². The van der Waals surface area contributed by atoms with Crippen LogP contribution in [0.4, 0.5) is 0 Å². The maximum absolute atomic E-state index is 5.47. The van der Waals surface area contributed by atoms with Gasteiger partial charge in [-0.3, -0.25) is 0 Å². The average Bonchev–Trinajstić information content (AvgIpc) is 2.80. The van der Waals surface area contributed by atoms with Gasteiger partial charge >= 0.3 is 0 Å². The maximum atomic E-state index is 5.47. The van der Waals surface area contributed by atoms with Gasteiger partial charge in [-0.15, -0.1) is 0 Å². The predicted octanol–water partition coefficient (Wildman–Crippen LogP) is 3.89. The molecule has 0 radical (unpaired) electrons. The number of nitrogens with zero attached hydrogens (tertiary/aromatic N) is 1. The smallest absolute Gasteiger partial charge is 0.128 e. The van der Waals surface area contributed by atoms with Crippen LogP contribution in [0.25, 0.3) is 11.3 Å². The minimum absolute atomic E-state index is 0.845. The standard InChI is InChI=1S/C16H21NO2/c1-5-10-17-12(2)6-8-15(17)14-11-13(18-3)7-9-16(14)19-4/h6-9,11H,5,10H2,1-4H3. The Labute approximate surface area is 114 Å². The third-order valence-corrected chi connectivity index (χ3v) is 3.33. The highest BCUT2D eigenvalue weighted by Crippen LogP contribution is 2.34. The van der Waals surface area contributed by atoms with Crippen LogP contribution in [0.5, 0.6) is 11.5 Å². The Kier molecular flexibility index (Phi) is 4.15. The second-order valence-electron chi connectivity index (χ2n) is 4.58. The first-order valence-electron chi connectivity index (χ1n) is 6.59. The van der Waals surface area contributed by atoms with Crippen LogP contribution < -0.4 is 9.47 Å². The highest BCUT2D eigenvalue weighted by atomic mass is 16.5. The van der Waals surface area contributed by atoms with Gasteiger partial charge in [0.1, 0.15) is 11.5 Å². The zero-order chi connectivity index (χ0) is 13.8. The van der Waals surface area contributed by atoms with E-state index in [1.807, 2.05) is 18.2 Å². The Hall–Kier alpha value is -1.90. The van der Waals surface area contributed by atoms with Crippen molar-refractivity contribution >= 4 is 0 Å². The van der Waals surface area contributed by atoms with Gasteiger partial charge in [0.2, 0.25) is 0 Å². The van der Waals surface area contributed by atoms with E-state index in [-0.39, 0.29) is 0 Å². The lowest BCUT2D eigenvalue weighted by molar-refractivity contribution is 0.404. The van der Waals surface area contributed by atoms with E-state index in [4.69, 9.17) is 9.47 Å². The fourth-order valence-electron chi connectivity index (χ4n) is 2.34. The van der Waals surface area contributed by atoms with Crippen molar-refractivity contribution in [3.05, 3.63) is 36.0 Å². The van der Waals surface area contributed by atoms with Crippen LogP contribution in [-0.4, -0.2) is 18.8 Å². The number of hydrogen-bond donors (Lipinski definition) is 0. The Morgan fingerprint density at radius 3 is 2.47 bits per heavy atom. The normalized spacial score (nSPS) is 10.5. The summed E-state index contributed by atoms with van der Waals surface area (Å²) < 4.78 is 13.1. The van der Waals surface area contributed by atoms with Crippen LogP contribution >= 0.6 is 0 Å². The van der Waals surface area contributed by atoms with Crippen molar-refractivity contribution in [2.24, 2.45) is 0 Å². The summed E-state index contributed by atoms with van der Waals surface area (Å²) in [7, 11) is 3.38. The lowest BCUT2D eigenvalue weighted by Crippen LogP contribution is -2.02. The molecule has 2 rings (SSSR count). The average molecular weight is 259 g/mol. The maximum Gasteiger partial charge on any atom is 0.128 e. The van der Waals surface area contributed by atoms with E-state index in [1.165, 1.54) is 11.4 Å². The quantitative estimate of drug-likeness (QED) is 0.813. The minimum Gasteiger partial charge on any atom is -0.497 e. The number of hydrogen-bond acceptors (Lipinski definition) is 2. The molecule has 0 aliphatic carbocycles. The van der Waals surface area contributed by atoms with E-state index < -0.39 is 0 Å². The Balaban J connectivity index is 2.56. The molecule has 0 amide bonds. The summed E-state index contributed by atoms with van der Waals surface area (Å²) in [6.45, 7) is 5.33. The van der Waals surface area contributed by atoms with Crippen LogP contribution in [0, 0.1) is 6.92 Å². The Morgan fingerprint density at radius 2 is 1.84 bits per heavy atom. The van der Waals surface area contributed by atoms with Gasteiger partial charge in [0.25, 0.3) is 0 Å². The first-order valence-corrected chi connectivity index (χ1v) is 6.59. The first-order chi connectivity index (χ1) is 9.21. The molecule has 0 fully saturated rings. The van der Waals surface area contributed by atoms with Crippen molar-refractivity contribution < 1.29 is 9.47 Å². The second kappa shape index (κ2) is 5.83. The number of benzene rings is 1. The molecule has 0 atom stereocenters. The van der Waals surface area contributed by atoms with Crippen LogP contribution in [0.15, 0.2) is 30.3 Å². The predicted molar refractivity (Wildman–Crippen MR) is 78.0 cm³/mol. The third kappa shape index (κ3) is 2.60. The van der Waals surface area contributed by atoms with Crippen LogP contribution in [0.2, 0.25) is 0 Å². The number of aromatic nitrogens is 1. The molecule has 0 spiro atoms. The van der Waals surface area contributed by atoms with Crippen molar-refractivity contribution in [3.8, 4) is 22.8 Å². The zero-order valence-electron chi connectivity index (χ0n) is 12.1. The molecule has 3 heteroatoms. The summed E-state index contributed by atoms with van der Waals surface area (Å²) in [5.41, 5.74) is 3.51. The second-order valence-corrected chi connectivity index (χ2v) is 4.58. The van der Waals surface area contributed by atoms with Gasteiger partial charge in [-0.1, -0.05) is 6.92 Å². The molecule has 1 heterocycles. The third-order valence-electron chi connectivity index (χ3n) is 3.33. The lowest BCUT2D eigenvalue weighted by Gasteiger charge is -2.14. The van der Waals surface area contributed by atoms with Gasteiger partial charge in [-0.2, -0.15) is 0 Å². The highest BCUT2D eigenvalue weighted by Gasteiger charge is 2.12. The molecule has 0 N–H and O–H groups in total. The molecule has 1 aromatic carbocycles. The molecule has 1 aromatic heterocycles. The summed E-state index contributed by atoms with van der Waals surface area (Å²) in [5.74, 6) is 1.72. The fourth-order valence-corrected chi connectivity index (χ4v) is 2.34. The zero-order valence-corrected chi connectivity index (χ0v) is 12.1. The van der Waals surface area contributed by atoms with E-state index in [0.29, 0.717) is 0 Å². The summed E-state index contributed by atoms with van der Waals surface area (Å²) >= 11 is 0. The topological polar surface area (TPSA) is 23.4 Å². The molecule has 3 nitrogen and oxygen atoms in total. The molecule has 0 aliphatic rings. The molecule has 0 saturated heterocycles. The molecule has 0 aliphatic heterocycles. The number of rotatable bonds is 5. The molecule has 0 saturated carbocycles. The first kappa shape index (κ1) is 13.5. The molecular formula is C16H21NO2. The number of aryl methyl sites for hydroxylation is 1. The lowest BCUT2D eigenvalue weighted by atomic mass is 10.1. The van der Waals surface area contributed by atoms with Crippen molar-refractivity contribution in [3.63, 3.8) is 0 Å². The van der Waals surface area contributed by atoms with Crippen molar-refractivity contribution in [2.75, 3.05) is 14.2 Å². The molecule has 0 bridgehead atoms. The van der Waals surface area contributed by atoms with Gasteiger partial charge in [0.05, 0.1) is 19.9 Å². The van der Waals surface area contributed by atoms with Gasteiger partial charge in [0, 0.05) is 17.8 Å². The fraction of sp³-hybridized carbons (Fsp3) is 0.375. The van der Waals surface area contributed by atoms with E-state index in [2.05, 4.69) is 30.5 Å². The molecule has 102 valence electrons. The Morgan fingerprint density at radius 1 is 1.05 bits per heavy atom. The summed E-state index contributed by atoms with van der Waals surface area (Å²) in [4.78, 5) is 0. The van der Waals surface area contributed by atoms with E-state index >= 15 is 0 Å². The molecule has 0 unspecified atom stereocenters.